The van der Waals surface area contributed by atoms with Gasteiger partial charge in [-0.25, -0.2) is 0 Å². The predicted octanol–water partition coefficient (Wildman–Crippen LogP) is 10.2. The summed E-state index contributed by atoms with van der Waals surface area (Å²) in [5.41, 5.74) is 13.8. The monoisotopic (exact) mass is 593 g/mol. The van der Waals surface area contributed by atoms with Crippen LogP contribution in [0.1, 0.15) is 48.4 Å². The van der Waals surface area contributed by atoms with Crippen LogP contribution < -0.4 is 10.6 Å². The Labute approximate surface area is 269 Å². The van der Waals surface area contributed by atoms with Crippen LogP contribution in [0.3, 0.4) is 0 Å². The van der Waals surface area contributed by atoms with Crippen molar-refractivity contribution in [3.8, 4) is 22.3 Å². The lowest BCUT2D eigenvalue weighted by atomic mass is 9.82. The Morgan fingerprint density at radius 1 is 0.543 bits per heavy atom. The van der Waals surface area contributed by atoms with E-state index in [1.807, 2.05) is 0 Å². The van der Waals surface area contributed by atoms with Crippen LogP contribution in [0, 0.1) is 0 Å². The minimum atomic E-state index is -0.185. The maximum atomic E-state index is 3.98. The van der Waals surface area contributed by atoms with E-state index >= 15 is 0 Å². The van der Waals surface area contributed by atoms with Crippen LogP contribution in [-0.2, 0) is 5.41 Å². The van der Waals surface area contributed by atoms with E-state index < -0.39 is 0 Å². The van der Waals surface area contributed by atoms with Crippen LogP contribution in [-0.4, -0.2) is 4.57 Å². The molecule has 0 spiro atoms. The highest BCUT2D eigenvalue weighted by Gasteiger charge is 2.36. The molecule has 1 aliphatic carbocycles. The second-order valence-electron chi connectivity index (χ2n) is 13.1. The fourth-order valence-corrected chi connectivity index (χ4v) is 7.74. The van der Waals surface area contributed by atoms with Gasteiger partial charge in [0.2, 0.25) is 0 Å². The molecule has 9 rings (SSSR count). The Balaban J connectivity index is 1.30. The third-order valence-electron chi connectivity index (χ3n) is 10.1. The molecule has 1 aliphatic heterocycles. The molecule has 2 heterocycles. The first-order valence-corrected chi connectivity index (χ1v) is 16.2. The first-order chi connectivity index (χ1) is 22.6. The Morgan fingerprint density at radius 2 is 1.20 bits per heavy atom. The van der Waals surface area contributed by atoms with Gasteiger partial charge in [-0.3, -0.25) is 5.32 Å². The minimum Gasteiger partial charge on any atom is -0.352 e. The molecule has 1 aromatic heterocycles. The van der Waals surface area contributed by atoms with Crippen LogP contribution in [0.15, 0.2) is 152 Å². The molecule has 2 unspecified atom stereocenters. The fraction of sp³-hybridized carbons (Fsp3) is 0.116. The van der Waals surface area contributed by atoms with E-state index in [1.165, 1.54) is 66.3 Å². The number of hydrogen-bond acceptors (Lipinski definition) is 2. The summed E-state index contributed by atoms with van der Waals surface area (Å²) in [5, 5.41) is 10.4. The number of nitrogens with zero attached hydrogens (tertiary/aromatic N) is 1. The van der Waals surface area contributed by atoms with E-state index in [2.05, 4.69) is 181 Å². The summed E-state index contributed by atoms with van der Waals surface area (Å²) in [6.45, 7) is 4.73. The second-order valence-corrected chi connectivity index (χ2v) is 13.1. The Bertz CT molecular complexity index is 2280. The van der Waals surface area contributed by atoms with Gasteiger partial charge in [-0.15, -0.1) is 0 Å². The van der Waals surface area contributed by atoms with Crippen molar-refractivity contribution < 1.29 is 0 Å². The van der Waals surface area contributed by atoms with Gasteiger partial charge in [-0.1, -0.05) is 135 Å². The molecule has 0 radical (unpaired) electrons. The summed E-state index contributed by atoms with van der Waals surface area (Å²) < 4.78 is 2.49. The first-order valence-electron chi connectivity index (χ1n) is 16.2. The summed E-state index contributed by atoms with van der Waals surface area (Å²) in [6.07, 6.45) is 2.13. The highest BCUT2D eigenvalue weighted by atomic mass is 15.3. The van der Waals surface area contributed by atoms with E-state index in [-0.39, 0.29) is 17.7 Å². The van der Waals surface area contributed by atoms with Crippen LogP contribution in [0.5, 0.6) is 0 Å². The summed E-state index contributed by atoms with van der Waals surface area (Å²) in [5.74, 6) is 0. The van der Waals surface area contributed by atoms with Crippen LogP contribution in [0.25, 0.3) is 49.8 Å². The normalized spacial score (nSPS) is 18.2. The van der Waals surface area contributed by atoms with Crippen molar-refractivity contribution in [3.05, 3.63) is 174 Å². The van der Waals surface area contributed by atoms with Gasteiger partial charge in [-0.05, 0) is 74.8 Å². The summed E-state index contributed by atoms with van der Waals surface area (Å²) in [4.78, 5) is 0. The zero-order valence-electron chi connectivity index (χ0n) is 26.0. The molecule has 6 aromatic carbocycles. The minimum absolute atomic E-state index is 0.0350. The molecular formula is C43H35N3. The van der Waals surface area contributed by atoms with E-state index in [4.69, 9.17) is 0 Å². The molecule has 0 amide bonds. The summed E-state index contributed by atoms with van der Waals surface area (Å²) in [7, 11) is 0. The average Bonchev–Trinajstić information content (AvgIpc) is 3.56. The quantitative estimate of drug-likeness (QED) is 0.213. The smallest absolute Gasteiger partial charge is 0.160 e. The second kappa shape index (κ2) is 10.3. The lowest BCUT2D eigenvalue weighted by Crippen LogP contribution is -2.43. The first kappa shape index (κ1) is 27.0. The predicted molar refractivity (Wildman–Crippen MR) is 191 cm³/mol. The molecule has 0 saturated carbocycles. The number of hydrogen-bond donors (Lipinski definition) is 2. The van der Waals surface area contributed by atoms with Gasteiger partial charge in [0.15, 0.2) is 6.29 Å². The molecule has 3 heteroatoms. The molecule has 222 valence electrons. The standard InChI is InChI=1S/C43H35N3/c1-43(2)36-21-13-12-20-32(36)33-26-41-35(25-37(33)43)34-24-31(28-14-6-3-7-15-28)22-23-40(34)46(41)42-44-38(29-16-8-4-9-17-29)27-39(45-42)30-18-10-5-11-19-30/h3-27,38,42,44-45H,1-2H3. The van der Waals surface area contributed by atoms with Crippen molar-refractivity contribution in [2.75, 3.05) is 0 Å². The summed E-state index contributed by atoms with van der Waals surface area (Å²) in [6, 6.07) is 53.0. The summed E-state index contributed by atoms with van der Waals surface area (Å²) >= 11 is 0. The lowest BCUT2D eigenvalue weighted by Gasteiger charge is -2.34. The van der Waals surface area contributed by atoms with Gasteiger partial charge in [0.25, 0.3) is 0 Å². The van der Waals surface area contributed by atoms with Crippen LogP contribution in [0.2, 0.25) is 0 Å². The molecule has 2 aliphatic rings. The third kappa shape index (κ3) is 4.16. The maximum absolute atomic E-state index is 3.98. The van der Waals surface area contributed by atoms with E-state index in [0.29, 0.717) is 0 Å². The molecule has 0 saturated heterocycles. The lowest BCUT2D eigenvalue weighted by molar-refractivity contribution is 0.350. The van der Waals surface area contributed by atoms with Gasteiger partial charge in [0.05, 0.1) is 17.1 Å². The molecule has 0 fully saturated rings. The molecule has 2 N–H and O–H groups in total. The zero-order chi connectivity index (χ0) is 30.8. The molecule has 46 heavy (non-hydrogen) atoms. The van der Waals surface area contributed by atoms with Crippen molar-refractivity contribution in [2.24, 2.45) is 0 Å². The highest BCUT2D eigenvalue weighted by molar-refractivity contribution is 6.11. The molecule has 0 bridgehead atoms. The molecule has 7 aromatic rings. The van der Waals surface area contributed by atoms with Crippen molar-refractivity contribution in [2.45, 2.75) is 31.6 Å². The van der Waals surface area contributed by atoms with E-state index in [0.717, 1.165) is 5.70 Å². The van der Waals surface area contributed by atoms with Gasteiger partial charge in [0, 0.05) is 21.9 Å². The highest BCUT2D eigenvalue weighted by Crippen LogP contribution is 2.51. The fourth-order valence-electron chi connectivity index (χ4n) is 7.74. The van der Waals surface area contributed by atoms with Crippen LogP contribution >= 0.6 is 0 Å². The molecule has 2 atom stereocenters. The van der Waals surface area contributed by atoms with E-state index in [1.54, 1.807) is 0 Å². The van der Waals surface area contributed by atoms with E-state index in [9.17, 15) is 0 Å². The topological polar surface area (TPSA) is 29.0 Å². The van der Waals surface area contributed by atoms with Crippen LogP contribution in [0.4, 0.5) is 0 Å². The van der Waals surface area contributed by atoms with Gasteiger partial charge < -0.3 is 9.88 Å². The van der Waals surface area contributed by atoms with Gasteiger partial charge in [-0.2, -0.15) is 0 Å². The Hall–Kier alpha value is -5.38. The number of nitrogens with one attached hydrogen (secondary N) is 2. The van der Waals surface area contributed by atoms with Crippen molar-refractivity contribution in [3.63, 3.8) is 0 Å². The SMILES string of the molecule is CC1(C)c2ccccc2-c2cc3c(cc21)c1cc(-c2ccccc2)ccc1n3C1NC(c2ccccc2)=CC(c2ccccc2)N1. The van der Waals surface area contributed by atoms with Gasteiger partial charge >= 0.3 is 0 Å². The maximum Gasteiger partial charge on any atom is 0.160 e. The van der Waals surface area contributed by atoms with Crippen molar-refractivity contribution >= 4 is 27.5 Å². The van der Waals surface area contributed by atoms with Crippen molar-refractivity contribution in [1.82, 2.24) is 15.2 Å². The Morgan fingerprint density at radius 3 is 1.96 bits per heavy atom. The molecular weight excluding hydrogens is 558 g/mol. The van der Waals surface area contributed by atoms with Crippen molar-refractivity contribution in [1.29, 1.82) is 0 Å². The molecule has 3 nitrogen and oxygen atoms in total. The van der Waals surface area contributed by atoms with Gasteiger partial charge in [0.1, 0.15) is 0 Å². The zero-order valence-corrected chi connectivity index (χ0v) is 26.0. The largest absolute Gasteiger partial charge is 0.352 e. The third-order valence-corrected chi connectivity index (χ3v) is 10.1. The number of fused-ring (bicyclic) bond motifs is 6. The number of rotatable bonds is 4. The average molecular weight is 594 g/mol. The Kier molecular flexibility index (Phi) is 6.06. The number of aromatic nitrogens is 1. The number of benzene rings is 6.